The number of aryl methyl sites for hydroxylation is 1. The van der Waals surface area contributed by atoms with Crippen molar-refractivity contribution in [3.8, 4) is 10.6 Å². The maximum Gasteiger partial charge on any atom is 0.176 e. The average molecular weight is 233 g/mol. The van der Waals surface area contributed by atoms with Crippen LogP contribution >= 0.6 is 11.3 Å². The Hall–Kier alpha value is -1.35. The van der Waals surface area contributed by atoms with E-state index in [2.05, 4.69) is 38.1 Å². The minimum absolute atomic E-state index is 0.851. The Kier molecular flexibility index (Phi) is 3.25. The lowest BCUT2D eigenvalue weighted by atomic mass is 10.1. The predicted octanol–water partition coefficient (Wildman–Crippen LogP) is 4.52. The number of hydrogen-bond acceptors (Lipinski definition) is 3. The first-order valence-corrected chi connectivity index (χ1v) is 6.22. The Bertz CT molecular complexity index is 494. The average Bonchev–Trinajstić information content (AvgIpc) is 2.86. The van der Waals surface area contributed by atoms with Crippen molar-refractivity contribution in [3.05, 3.63) is 34.8 Å². The second-order valence-corrected chi connectivity index (χ2v) is 4.85. The van der Waals surface area contributed by atoms with Gasteiger partial charge in [-0.3, -0.25) is 0 Å². The van der Waals surface area contributed by atoms with Crippen molar-refractivity contribution in [1.29, 1.82) is 0 Å². The quantitative estimate of drug-likeness (QED) is 0.778. The van der Waals surface area contributed by atoms with Crippen LogP contribution in [0.3, 0.4) is 0 Å². The third-order valence-corrected chi connectivity index (χ3v) is 3.85. The standard InChI is InChI=1S/C13H15NOS/c1-4-5-9(2)13-10(3)8-12(16-13)11-6-7-14-15-11/h5-8H,4H2,1-3H3/b9-5+. The van der Waals surface area contributed by atoms with Crippen LogP contribution in [0, 0.1) is 6.92 Å². The number of aromatic nitrogens is 1. The van der Waals surface area contributed by atoms with E-state index >= 15 is 0 Å². The highest BCUT2D eigenvalue weighted by molar-refractivity contribution is 7.16. The molecule has 0 aliphatic carbocycles. The van der Waals surface area contributed by atoms with Crippen molar-refractivity contribution < 1.29 is 4.52 Å². The van der Waals surface area contributed by atoms with E-state index in [9.17, 15) is 0 Å². The Morgan fingerprint density at radius 2 is 2.38 bits per heavy atom. The molecular formula is C13H15NOS. The molecule has 2 nitrogen and oxygen atoms in total. The normalized spacial score (nSPS) is 12.1. The summed E-state index contributed by atoms with van der Waals surface area (Å²) in [6, 6.07) is 4.06. The summed E-state index contributed by atoms with van der Waals surface area (Å²) >= 11 is 1.76. The van der Waals surface area contributed by atoms with Crippen LogP contribution in [0.4, 0.5) is 0 Å². The monoisotopic (exact) mass is 233 g/mol. The van der Waals surface area contributed by atoms with E-state index in [4.69, 9.17) is 4.52 Å². The van der Waals surface area contributed by atoms with Gasteiger partial charge in [-0.05, 0) is 37.5 Å². The van der Waals surface area contributed by atoms with Gasteiger partial charge in [-0.2, -0.15) is 0 Å². The summed E-state index contributed by atoms with van der Waals surface area (Å²) in [4.78, 5) is 2.49. The lowest BCUT2D eigenvalue weighted by Gasteiger charge is -1.97. The van der Waals surface area contributed by atoms with Crippen LogP contribution in [0.5, 0.6) is 0 Å². The number of nitrogens with zero attached hydrogens (tertiary/aromatic N) is 1. The molecule has 2 rings (SSSR count). The van der Waals surface area contributed by atoms with Crippen LogP contribution in [-0.4, -0.2) is 5.16 Å². The fraction of sp³-hybridized carbons (Fsp3) is 0.308. The van der Waals surface area contributed by atoms with Gasteiger partial charge in [-0.15, -0.1) is 11.3 Å². The summed E-state index contributed by atoms with van der Waals surface area (Å²) in [5, 5.41) is 3.74. The molecule has 2 heterocycles. The van der Waals surface area contributed by atoms with Gasteiger partial charge >= 0.3 is 0 Å². The van der Waals surface area contributed by atoms with E-state index in [0.717, 1.165) is 17.1 Å². The van der Waals surface area contributed by atoms with Crippen LogP contribution in [0.25, 0.3) is 16.2 Å². The highest BCUT2D eigenvalue weighted by Crippen LogP contribution is 2.34. The second kappa shape index (κ2) is 4.66. The molecule has 3 heteroatoms. The van der Waals surface area contributed by atoms with Gasteiger partial charge < -0.3 is 4.52 Å². The molecule has 0 unspecified atom stereocenters. The zero-order valence-electron chi connectivity index (χ0n) is 9.78. The van der Waals surface area contributed by atoms with Crippen molar-refractivity contribution in [2.75, 3.05) is 0 Å². The molecule has 0 spiro atoms. The van der Waals surface area contributed by atoms with Crippen LogP contribution in [-0.2, 0) is 0 Å². The predicted molar refractivity (Wildman–Crippen MR) is 68.5 cm³/mol. The molecular weight excluding hydrogens is 218 g/mol. The van der Waals surface area contributed by atoms with Gasteiger partial charge in [0.05, 0.1) is 11.1 Å². The van der Waals surface area contributed by atoms with Crippen molar-refractivity contribution in [1.82, 2.24) is 5.16 Å². The molecule has 0 radical (unpaired) electrons. The molecule has 0 aromatic carbocycles. The van der Waals surface area contributed by atoms with Crippen molar-refractivity contribution >= 4 is 16.9 Å². The zero-order chi connectivity index (χ0) is 11.5. The van der Waals surface area contributed by atoms with Gasteiger partial charge in [-0.25, -0.2) is 0 Å². The summed E-state index contributed by atoms with van der Waals surface area (Å²) in [7, 11) is 0. The van der Waals surface area contributed by atoms with Crippen molar-refractivity contribution in [3.63, 3.8) is 0 Å². The molecule has 0 aliphatic rings. The fourth-order valence-electron chi connectivity index (χ4n) is 1.74. The lowest BCUT2D eigenvalue weighted by Crippen LogP contribution is -1.75. The van der Waals surface area contributed by atoms with Gasteiger partial charge in [0.1, 0.15) is 0 Å². The lowest BCUT2D eigenvalue weighted by molar-refractivity contribution is 0.433. The van der Waals surface area contributed by atoms with E-state index in [1.165, 1.54) is 16.0 Å². The van der Waals surface area contributed by atoms with Gasteiger partial charge in [0.15, 0.2) is 5.76 Å². The Labute approximate surface area is 99.6 Å². The molecule has 0 amide bonds. The largest absolute Gasteiger partial charge is 0.355 e. The minimum atomic E-state index is 0.851. The molecule has 0 bridgehead atoms. The van der Waals surface area contributed by atoms with E-state index in [1.54, 1.807) is 17.5 Å². The number of hydrogen-bond donors (Lipinski definition) is 0. The van der Waals surface area contributed by atoms with Crippen LogP contribution in [0.15, 0.2) is 28.9 Å². The maximum atomic E-state index is 5.17. The fourth-order valence-corrected chi connectivity index (χ4v) is 2.86. The highest BCUT2D eigenvalue weighted by Gasteiger charge is 2.10. The first kappa shape index (κ1) is 11.1. The first-order chi connectivity index (χ1) is 7.72. The van der Waals surface area contributed by atoms with Crippen molar-refractivity contribution in [2.45, 2.75) is 27.2 Å². The Morgan fingerprint density at radius 1 is 1.56 bits per heavy atom. The molecule has 16 heavy (non-hydrogen) atoms. The maximum absolute atomic E-state index is 5.17. The van der Waals surface area contributed by atoms with Crippen LogP contribution < -0.4 is 0 Å². The number of allylic oxidation sites excluding steroid dienone is 2. The SMILES string of the molecule is CC/C=C(\C)c1sc(-c2ccno2)cc1C. The summed E-state index contributed by atoms with van der Waals surface area (Å²) < 4.78 is 5.17. The zero-order valence-corrected chi connectivity index (χ0v) is 10.6. The third-order valence-electron chi connectivity index (χ3n) is 2.47. The number of thiophene rings is 1. The first-order valence-electron chi connectivity index (χ1n) is 5.41. The summed E-state index contributed by atoms with van der Waals surface area (Å²) in [5.41, 5.74) is 2.65. The van der Waals surface area contributed by atoms with Gasteiger partial charge in [0.2, 0.25) is 0 Å². The van der Waals surface area contributed by atoms with E-state index < -0.39 is 0 Å². The van der Waals surface area contributed by atoms with E-state index in [1.807, 2.05) is 6.07 Å². The Morgan fingerprint density at radius 3 is 3.00 bits per heavy atom. The third kappa shape index (κ3) is 2.09. The minimum Gasteiger partial charge on any atom is -0.355 e. The van der Waals surface area contributed by atoms with Gasteiger partial charge in [0, 0.05) is 10.9 Å². The summed E-state index contributed by atoms with van der Waals surface area (Å²) in [6.45, 7) is 6.45. The van der Waals surface area contributed by atoms with Crippen LogP contribution in [0.2, 0.25) is 0 Å². The molecule has 0 fully saturated rings. The molecule has 0 saturated heterocycles. The molecule has 0 saturated carbocycles. The molecule has 2 aromatic rings. The van der Waals surface area contributed by atoms with Crippen LogP contribution in [0.1, 0.15) is 30.7 Å². The second-order valence-electron chi connectivity index (χ2n) is 3.79. The van der Waals surface area contributed by atoms with E-state index in [-0.39, 0.29) is 0 Å². The van der Waals surface area contributed by atoms with Gasteiger partial charge in [-0.1, -0.05) is 18.2 Å². The summed E-state index contributed by atoms with van der Waals surface area (Å²) in [6.07, 6.45) is 5.00. The molecule has 84 valence electrons. The molecule has 0 N–H and O–H groups in total. The topological polar surface area (TPSA) is 26.0 Å². The smallest absolute Gasteiger partial charge is 0.176 e. The van der Waals surface area contributed by atoms with Gasteiger partial charge in [0.25, 0.3) is 0 Å². The molecule has 2 aromatic heterocycles. The molecule has 0 atom stereocenters. The van der Waals surface area contributed by atoms with Crippen molar-refractivity contribution in [2.24, 2.45) is 0 Å². The number of rotatable bonds is 3. The van der Waals surface area contributed by atoms with E-state index in [0.29, 0.717) is 0 Å². The Balaban J connectivity index is 2.40. The molecule has 0 aliphatic heterocycles. The highest BCUT2D eigenvalue weighted by atomic mass is 32.1. The summed E-state index contributed by atoms with van der Waals surface area (Å²) in [5.74, 6) is 0.851.